The van der Waals surface area contributed by atoms with Crippen molar-refractivity contribution in [2.75, 3.05) is 6.54 Å². The van der Waals surface area contributed by atoms with Crippen LogP contribution in [0.4, 0.5) is 0 Å². The quantitative estimate of drug-likeness (QED) is 0.583. The zero-order valence-electron chi connectivity index (χ0n) is 8.25. The largest absolute Gasteiger partial charge is 0.480 e. The fourth-order valence-corrected chi connectivity index (χ4v) is 1.52. The number of carbonyl (C=O) groups excluding carboxylic acids is 1. The minimum atomic E-state index is -1.00. The second-order valence-electron chi connectivity index (χ2n) is 3.62. The minimum absolute atomic E-state index is 0.195. The average molecular weight is 200 g/mol. The van der Waals surface area contributed by atoms with Gasteiger partial charge in [-0.1, -0.05) is 0 Å². The molecule has 1 rings (SSSR count). The van der Waals surface area contributed by atoms with E-state index < -0.39 is 12.0 Å². The van der Waals surface area contributed by atoms with Gasteiger partial charge in [0.25, 0.3) is 0 Å². The van der Waals surface area contributed by atoms with Gasteiger partial charge < -0.3 is 15.7 Å². The van der Waals surface area contributed by atoms with Crippen molar-refractivity contribution in [2.24, 2.45) is 0 Å². The van der Waals surface area contributed by atoms with E-state index in [0.717, 1.165) is 19.4 Å². The first-order valence-corrected chi connectivity index (χ1v) is 4.85. The lowest BCUT2D eigenvalue weighted by Crippen LogP contribution is -2.40. The highest BCUT2D eigenvalue weighted by molar-refractivity contribution is 5.83. The molecule has 5 heteroatoms. The van der Waals surface area contributed by atoms with Gasteiger partial charge in [-0.25, -0.2) is 0 Å². The molecular formula is C9H16N2O3. The number of carbonyl (C=O) groups is 2. The summed E-state index contributed by atoms with van der Waals surface area (Å²) >= 11 is 0. The number of hydrogen-bond acceptors (Lipinski definition) is 3. The highest BCUT2D eigenvalue weighted by Gasteiger charge is 2.20. The third-order valence-corrected chi connectivity index (χ3v) is 2.34. The van der Waals surface area contributed by atoms with Crippen molar-refractivity contribution in [1.29, 1.82) is 0 Å². The summed E-state index contributed by atoms with van der Waals surface area (Å²) in [5.41, 5.74) is 0. The van der Waals surface area contributed by atoms with Crippen LogP contribution in [0.2, 0.25) is 0 Å². The molecule has 0 radical (unpaired) electrons. The van der Waals surface area contributed by atoms with Crippen molar-refractivity contribution >= 4 is 11.9 Å². The predicted molar refractivity (Wildman–Crippen MR) is 50.9 cm³/mol. The van der Waals surface area contributed by atoms with Crippen molar-refractivity contribution in [3.8, 4) is 0 Å². The molecule has 80 valence electrons. The highest BCUT2D eigenvalue weighted by atomic mass is 16.4. The first-order valence-electron chi connectivity index (χ1n) is 4.85. The van der Waals surface area contributed by atoms with Crippen LogP contribution in [-0.4, -0.2) is 35.6 Å². The number of carboxylic acids is 1. The van der Waals surface area contributed by atoms with Crippen LogP contribution in [0.1, 0.15) is 26.2 Å². The Bertz CT molecular complexity index is 224. The predicted octanol–water partition coefficient (Wildman–Crippen LogP) is -0.282. The van der Waals surface area contributed by atoms with Gasteiger partial charge in [0.15, 0.2) is 0 Å². The fourth-order valence-electron chi connectivity index (χ4n) is 1.52. The molecule has 0 spiro atoms. The number of nitrogens with one attached hydrogen (secondary N) is 2. The normalized spacial score (nSPS) is 23.1. The van der Waals surface area contributed by atoms with Gasteiger partial charge in [-0.05, 0) is 26.3 Å². The molecule has 1 amide bonds. The maximum atomic E-state index is 11.3. The van der Waals surface area contributed by atoms with Crippen molar-refractivity contribution in [3.63, 3.8) is 0 Å². The number of amides is 1. The molecule has 0 aromatic rings. The van der Waals surface area contributed by atoms with E-state index in [9.17, 15) is 9.59 Å². The summed E-state index contributed by atoms with van der Waals surface area (Å²) < 4.78 is 0. The lowest BCUT2D eigenvalue weighted by atomic mass is 10.1. The zero-order chi connectivity index (χ0) is 10.6. The number of aliphatic carboxylic acids is 1. The lowest BCUT2D eigenvalue weighted by molar-refractivity contribution is -0.141. The Kier molecular flexibility index (Phi) is 3.88. The maximum Gasteiger partial charge on any atom is 0.325 e. The molecule has 0 bridgehead atoms. The van der Waals surface area contributed by atoms with E-state index in [-0.39, 0.29) is 11.9 Å². The van der Waals surface area contributed by atoms with Gasteiger partial charge >= 0.3 is 5.97 Å². The van der Waals surface area contributed by atoms with E-state index in [1.165, 1.54) is 6.92 Å². The molecule has 0 saturated carbocycles. The molecule has 1 fully saturated rings. The first kappa shape index (κ1) is 11.0. The van der Waals surface area contributed by atoms with Crippen LogP contribution < -0.4 is 10.6 Å². The Balaban J connectivity index is 2.24. The fraction of sp³-hybridized carbons (Fsp3) is 0.778. The molecule has 14 heavy (non-hydrogen) atoms. The molecule has 5 nitrogen and oxygen atoms in total. The molecule has 0 aromatic carbocycles. The van der Waals surface area contributed by atoms with Gasteiger partial charge in [-0.2, -0.15) is 0 Å². The molecule has 2 atom stereocenters. The Morgan fingerprint density at radius 3 is 2.86 bits per heavy atom. The van der Waals surface area contributed by atoms with Gasteiger partial charge in [-0.3, -0.25) is 9.59 Å². The van der Waals surface area contributed by atoms with E-state index in [0.29, 0.717) is 6.42 Å². The molecule has 1 unspecified atom stereocenters. The van der Waals surface area contributed by atoms with Crippen LogP contribution in [0.15, 0.2) is 0 Å². The van der Waals surface area contributed by atoms with Gasteiger partial charge in [0.2, 0.25) is 5.91 Å². The Morgan fingerprint density at radius 1 is 1.64 bits per heavy atom. The van der Waals surface area contributed by atoms with Crippen molar-refractivity contribution in [3.05, 3.63) is 0 Å². The molecule has 1 aliphatic rings. The van der Waals surface area contributed by atoms with E-state index >= 15 is 0 Å². The van der Waals surface area contributed by atoms with Gasteiger partial charge in [0, 0.05) is 12.5 Å². The second-order valence-corrected chi connectivity index (χ2v) is 3.62. The van der Waals surface area contributed by atoms with Crippen molar-refractivity contribution < 1.29 is 14.7 Å². The monoisotopic (exact) mass is 200 g/mol. The van der Waals surface area contributed by atoms with Crippen LogP contribution in [0.25, 0.3) is 0 Å². The standard InChI is InChI=1S/C9H16N2O3/c1-6(9(13)14)11-8(12)5-7-3-2-4-10-7/h6-7,10H,2-5H2,1H3,(H,11,12)(H,13,14)/t6-,7?/m0/s1. The zero-order valence-corrected chi connectivity index (χ0v) is 8.25. The molecule has 1 saturated heterocycles. The first-order chi connectivity index (χ1) is 6.59. The molecule has 1 aliphatic heterocycles. The summed E-state index contributed by atoms with van der Waals surface area (Å²) in [6, 6.07) is -0.583. The number of hydrogen-bond donors (Lipinski definition) is 3. The summed E-state index contributed by atoms with van der Waals surface area (Å²) in [5, 5.41) is 14.2. The van der Waals surface area contributed by atoms with Gasteiger partial charge in [-0.15, -0.1) is 0 Å². The summed E-state index contributed by atoms with van der Waals surface area (Å²) in [5.74, 6) is -1.20. The third-order valence-electron chi connectivity index (χ3n) is 2.34. The van der Waals surface area contributed by atoms with Crippen LogP contribution in [0.3, 0.4) is 0 Å². The second kappa shape index (κ2) is 4.95. The minimum Gasteiger partial charge on any atom is -0.480 e. The van der Waals surface area contributed by atoms with Gasteiger partial charge in [0.1, 0.15) is 6.04 Å². The van der Waals surface area contributed by atoms with E-state index in [1.54, 1.807) is 0 Å². The molecule has 1 heterocycles. The highest BCUT2D eigenvalue weighted by Crippen LogP contribution is 2.08. The van der Waals surface area contributed by atoms with E-state index in [4.69, 9.17) is 5.11 Å². The Hall–Kier alpha value is -1.10. The van der Waals surface area contributed by atoms with Crippen molar-refractivity contribution in [2.45, 2.75) is 38.3 Å². The van der Waals surface area contributed by atoms with E-state index in [2.05, 4.69) is 10.6 Å². The summed E-state index contributed by atoms with van der Waals surface area (Å²) in [6.07, 6.45) is 2.46. The van der Waals surface area contributed by atoms with Crippen LogP contribution >= 0.6 is 0 Å². The Morgan fingerprint density at radius 2 is 2.36 bits per heavy atom. The lowest BCUT2D eigenvalue weighted by Gasteiger charge is -2.12. The molecule has 0 aromatic heterocycles. The van der Waals surface area contributed by atoms with E-state index in [1.807, 2.05) is 0 Å². The molecule has 0 aliphatic carbocycles. The molecule has 3 N–H and O–H groups in total. The summed E-state index contributed by atoms with van der Waals surface area (Å²) in [4.78, 5) is 21.7. The number of rotatable bonds is 4. The Labute approximate surface area is 82.9 Å². The topological polar surface area (TPSA) is 78.4 Å². The third kappa shape index (κ3) is 3.33. The number of carboxylic acid groups (broad SMARTS) is 1. The van der Waals surface area contributed by atoms with Crippen LogP contribution in [0.5, 0.6) is 0 Å². The average Bonchev–Trinajstić information content (AvgIpc) is 2.56. The smallest absolute Gasteiger partial charge is 0.325 e. The van der Waals surface area contributed by atoms with Crippen LogP contribution in [0, 0.1) is 0 Å². The maximum absolute atomic E-state index is 11.3. The SMILES string of the molecule is C[C@H](NC(=O)CC1CCCN1)C(=O)O. The van der Waals surface area contributed by atoms with Gasteiger partial charge in [0.05, 0.1) is 0 Å². The summed E-state index contributed by atoms with van der Waals surface area (Å²) in [7, 11) is 0. The summed E-state index contributed by atoms with van der Waals surface area (Å²) in [6.45, 7) is 2.41. The molecular weight excluding hydrogens is 184 g/mol. The van der Waals surface area contributed by atoms with Crippen molar-refractivity contribution in [1.82, 2.24) is 10.6 Å². The van der Waals surface area contributed by atoms with Crippen LogP contribution in [-0.2, 0) is 9.59 Å².